The molecule has 0 spiro atoms. The Bertz CT molecular complexity index is 6780. The molecule has 6 nitrogen and oxygen atoms in total. The van der Waals surface area contributed by atoms with Crippen LogP contribution in [0.25, 0.3) is 207 Å². The third-order valence-electron chi connectivity index (χ3n) is 20.0. The lowest BCUT2D eigenvalue weighted by molar-refractivity contribution is 1.08. The van der Waals surface area contributed by atoms with Crippen molar-refractivity contribution in [2.75, 3.05) is 0 Å². The summed E-state index contributed by atoms with van der Waals surface area (Å²) in [5.41, 5.74) is 16.7. The molecule has 0 fully saturated rings. The van der Waals surface area contributed by atoms with Crippen LogP contribution in [-0.4, -0.2) is 29.9 Å². The highest BCUT2D eigenvalue weighted by atomic mass is 32.1. The number of thiophene rings is 2. The summed E-state index contributed by atoms with van der Waals surface area (Å²) in [6.07, 6.45) is 0. The molecule has 4 aromatic heterocycles. The van der Waals surface area contributed by atoms with Gasteiger partial charge in [0.25, 0.3) is 0 Å². The molecule has 0 atom stereocenters. The van der Waals surface area contributed by atoms with E-state index in [1.165, 1.54) is 41.7 Å². The van der Waals surface area contributed by atoms with Gasteiger partial charge >= 0.3 is 0 Å². The minimum absolute atomic E-state index is 0.600. The van der Waals surface area contributed by atoms with E-state index < -0.39 is 0 Å². The number of fused-ring (bicyclic) bond motifs is 10. The summed E-state index contributed by atoms with van der Waals surface area (Å²) in [6, 6.07) is 122. The molecule has 0 aliphatic heterocycles. The third-order valence-corrected chi connectivity index (χ3v) is 22.4. The number of benzene rings is 16. The van der Waals surface area contributed by atoms with E-state index in [4.69, 9.17) is 29.9 Å². The van der Waals surface area contributed by atoms with Crippen molar-refractivity contribution in [3.05, 3.63) is 340 Å². The average Bonchev–Trinajstić information content (AvgIpc) is 1.02. The molecular formula is C94H56N6S2. The summed E-state index contributed by atoms with van der Waals surface area (Å²) in [6.45, 7) is 0. The van der Waals surface area contributed by atoms with Crippen molar-refractivity contribution in [3.8, 4) is 124 Å². The molecule has 4 heterocycles. The van der Waals surface area contributed by atoms with E-state index in [1.807, 2.05) is 0 Å². The zero-order chi connectivity index (χ0) is 67.2. The smallest absolute Gasteiger partial charge is 0.165 e. The molecule has 0 saturated heterocycles. The van der Waals surface area contributed by atoms with E-state index in [1.54, 1.807) is 22.7 Å². The van der Waals surface area contributed by atoms with Crippen molar-refractivity contribution in [1.29, 1.82) is 0 Å². The van der Waals surface area contributed by atoms with Crippen LogP contribution in [-0.2, 0) is 0 Å². The number of aromatic nitrogens is 6. The van der Waals surface area contributed by atoms with Gasteiger partial charge in [0.1, 0.15) is 0 Å². The second kappa shape index (κ2) is 24.5. The maximum Gasteiger partial charge on any atom is 0.165 e. The molecule has 0 saturated carbocycles. The van der Waals surface area contributed by atoms with E-state index in [0.29, 0.717) is 34.9 Å². The number of rotatable bonds is 11. The van der Waals surface area contributed by atoms with E-state index >= 15 is 0 Å². The first-order valence-corrected chi connectivity index (χ1v) is 35.9. The molecule has 0 unspecified atom stereocenters. The molecule has 16 aromatic carbocycles. The molecule has 0 radical (unpaired) electrons. The predicted octanol–water partition coefficient (Wildman–Crippen LogP) is 25.7. The molecule has 0 aliphatic carbocycles. The van der Waals surface area contributed by atoms with Gasteiger partial charge in [0, 0.05) is 73.7 Å². The van der Waals surface area contributed by atoms with Gasteiger partial charge in [-0.2, -0.15) is 0 Å². The van der Waals surface area contributed by atoms with Crippen molar-refractivity contribution >= 4 is 106 Å². The first-order valence-electron chi connectivity index (χ1n) is 34.3. The van der Waals surface area contributed by atoms with Crippen molar-refractivity contribution in [1.82, 2.24) is 29.9 Å². The zero-order valence-corrected chi connectivity index (χ0v) is 56.5. The molecule has 20 aromatic rings. The van der Waals surface area contributed by atoms with Crippen LogP contribution in [0.15, 0.2) is 340 Å². The Morgan fingerprint density at radius 2 is 0.539 bits per heavy atom. The van der Waals surface area contributed by atoms with E-state index in [0.717, 1.165) is 131 Å². The van der Waals surface area contributed by atoms with Gasteiger partial charge in [-0.05, 0) is 141 Å². The van der Waals surface area contributed by atoms with Gasteiger partial charge in [0.2, 0.25) is 0 Å². The first-order chi connectivity index (χ1) is 50.5. The van der Waals surface area contributed by atoms with E-state index in [9.17, 15) is 0 Å². The highest BCUT2D eigenvalue weighted by molar-refractivity contribution is 7.26. The summed E-state index contributed by atoms with van der Waals surface area (Å²) in [4.78, 5) is 32.9. The lowest BCUT2D eigenvalue weighted by Gasteiger charge is -2.16. The topological polar surface area (TPSA) is 77.3 Å². The van der Waals surface area contributed by atoms with Crippen LogP contribution in [0, 0.1) is 0 Å². The Balaban J connectivity index is 0.724. The Hall–Kier alpha value is -13.0. The Labute approximate surface area is 595 Å². The highest BCUT2D eigenvalue weighted by Gasteiger charge is 2.25. The lowest BCUT2D eigenvalue weighted by atomic mass is 9.90. The zero-order valence-electron chi connectivity index (χ0n) is 54.8. The Kier molecular flexibility index (Phi) is 14.2. The van der Waals surface area contributed by atoms with Crippen molar-refractivity contribution in [2.45, 2.75) is 0 Å². The summed E-state index contributed by atoms with van der Waals surface area (Å²) in [5, 5.41) is 13.9. The van der Waals surface area contributed by atoms with Crippen molar-refractivity contribution in [3.63, 3.8) is 0 Å². The molecule has 0 aliphatic rings. The fourth-order valence-electron chi connectivity index (χ4n) is 15.2. The van der Waals surface area contributed by atoms with E-state index in [2.05, 4.69) is 340 Å². The SMILES string of the molecule is c1ccc(-c2cccc(-c3nc(-c4c(-c5cccc6ccccc56)ccc5ccccc45)nc(-c4cccc5c4sc4cccc(-c6ccc(-c7cccc(-c8nc(-c9cccc(-c%10cccc%11ccccc%10%11)c9)nc(-c9cccc%10c9sc9ccccc9%10)n8)c7)c7ccccc67)c45)n3)c2)cc1. The number of hydrogen-bond donors (Lipinski definition) is 0. The summed E-state index contributed by atoms with van der Waals surface area (Å²) < 4.78 is 4.65. The van der Waals surface area contributed by atoms with Crippen LogP contribution >= 0.6 is 22.7 Å². The van der Waals surface area contributed by atoms with Gasteiger partial charge in [-0.1, -0.05) is 297 Å². The second-order valence-electron chi connectivity index (χ2n) is 25.9. The number of nitrogens with zero attached hydrogens (tertiary/aromatic N) is 6. The van der Waals surface area contributed by atoms with E-state index in [-0.39, 0.29) is 0 Å². The van der Waals surface area contributed by atoms with Gasteiger partial charge in [-0.25, -0.2) is 29.9 Å². The molecule has 0 N–H and O–H groups in total. The van der Waals surface area contributed by atoms with Crippen LogP contribution < -0.4 is 0 Å². The third kappa shape index (κ3) is 10.1. The van der Waals surface area contributed by atoms with Crippen molar-refractivity contribution < 1.29 is 0 Å². The number of hydrogen-bond acceptors (Lipinski definition) is 8. The van der Waals surface area contributed by atoms with Crippen LogP contribution in [0.1, 0.15) is 0 Å². The molecule has 8 heteroatoms. The second-order valence-corrected chi connectivity index (χ2v) is 28.0. The van der Waals surface area contributed by atoms with Gasteiger partial charge in [0.15, 0.2) is 34.9 Å². The van der Waals surface area contributed by atoms with Gasteiger partial charge in [-0.15, -0.1) is 22.7 Å². The minimum Gasteiger partial charge on any atom is -0.208 e. The molecule has 0 bridgehead atoms. The van der Waals surface area contributed by atoms with Crippen LogP contribution in [0.2, 0.25) is 0 Å². The Morgan fingerprint density at radius 1 is 0.176 bits per heavy atom. The summed E-state index contributed by atoms with van der Waals surface area (Å²) in [7, 11) is 0. The summed E-state index contributed by atoms with van der Waals surface area (Å²) in [5.74, 6) is 3.66. The largest absolute Gasteiger partial charge is 0.208 e. The molecule has 0 amide bonds. The molecule has 474 valence electrons. The quantitative estimate of drug-likeness (QED) is 0.128. The minimum atomic E-state index is 0.600. The van der Waals surface area contributed by atoms with Gasteiger partial charge in [-0.3, -0.25) is 0 Å². The lowest BCUT2D eigenvalue weighted by Crippen LogP contribution is -2.02. The fourth-order valence-corrected chi connectivity index (χ4v) is 17.7. The molecular weight excluding hydrogens is 1280 g/mol. The average molecular weight is 1330 g/mol. The first kappa shape index (κ1) is 59.1. The van der Waals surface area contributed by atoms with Gasteiger partial charge in [0.05, 0.1) is 0 Å². The Morgan fingerprint density at radius 3 is 1.22 bits per heavy atom. The van der Waals surface area contributed by atoms with Crippen LogP contribution in [0.3, 0.4) is 0 Å². The maximum atomic E-state index is 5.65. The fraction of sp³-hybridized carbons (Fsp3) is 0. The van der Waals surface area contributed by atoms with Gasteiger partial charge < -0.3 is 0 Å². The van der Waals surface area contributed by atoms with Crippen LogP contribution in [0.4, 0.5) is 0 Å². The predicted molar refractivity (Wildman–Crippen MR) is 429 cm³/mol. The molecule has 102 heavy (non-hydrogen) atoms. The highest BCUT2D eigenvalue weighted by Crippen LogP contribution is 2.48. The normalized spacial score (nSPS) is 11.7. The van der Waals surface area contributed by atoms with Crippen LogP contribution in [0.5, 0.6) is 0 Å². The molecule has 20 rings (SSSR count). The van der Waals surface area contributed by atoms with Crippen molar-refractivity contribution in [2.24, 2.45) is 0 Å². The maximum absolute atomic E-state index is 5.65. The summed E-state index contributed by atoms with van der Waals surface area (Å²) >= 11 is 3.57. The monoisotopic (exact) mass is 1330 g/mol. The standard InChI is InChI=1S/C94H56N6S2/c1-2-22-57(23-3-1)61-29-14-32-64(54-61)91-98-93(100-94(99-91)86-71-37-9-6-26-60(71)50-51-78(86)73-42-18-28-59-25-5-8-36-68(59)73)82-47-20-45-80-85-77(43-21-49-84(85)102-88(80)82)75-53-52-70(72-38-10-11-39-74(72)75)63-31-16-34-66(56-63)90-95-89(65-33-15-30-62(55-65)69-41-17-27-58-24-4-7-35-67(58)69)96-92(97-90)81-46-19-44-79-76-40-12-13-48-83(76)101-87(79)81/h1-56H.